The van der Waals surface area contributed by atoms with Crippen LogP contribution in [0.3, 0.4) is 0 Å². The van der Waals surface area contributed by atoms with Gasteiger partial charge < -0.3 is 0 Å². The molecule has 0 atom stereocenters. The van der Waals surface area contributed by atoms with Crippen LogP contribution in [0, 0.1) is 0 Å². The molecule has 0 saturated carbocycles. The van der Waals surface area contributed by atoms with Crippen molar-refractivity contribution >= 4 is 0 Å². The van der Waals surface area contributed by atoms with Gasteiger partial charge in [-0.3, -0.25) is 0 Å². The zero-order chi connectivity index (χ0) is 16.4. The van der Waals surface area contributed by atoms with Crippen LogP contribution in [0.25, 0.3) is 0 Å². The minimum absolute atomic E-state index is 0.815. The van der Waals surface area contributed by atoms with Crippen LogP contribution >= 0.6 is 0 Å². The summed E-state index contributed by atoms with van der Waals surface area (Å²) in [5.41, 5.74) is 0. The fraction of sp³-hybridized carbons (Fsp3) is 0.636. The monoisotopic (exact) mass is 348 g/mol. The van der Waals surface area contributed by atoms with Crippen LogP contribution in [0.4, 0.5) is 0 Å². The topological polar surface area (TPSA) is 0 Å². The van der Waals surface area contributed by atoms with E-state index in [1.807, 2.05) is 0 Å². The maximum absolute atomic E-state index is 2.54. The Morgan fingerprint density at radius 3 is 1.30 bits per heavy atom. The molecule has 0 aromatic rings. The Morgan fingerprint density at radius 1 is 0.565 bits per heavy atom. The van der Waals surface area contributed by atoms with E-state index in [1.165, 1.54) is 51.4 Å². The molecule has 0 heterocycles. The predicted molar refractivity (Wildman–Crippen MR) is 102 cm³/mol. The number of hydrogen-bond donors (Lipinski definition) is 0. The molecular formula is C22H36Ti. The van der Waals surface area contributed by atoms with E-state index in [1.54, 1.807) is 9.45 Å². The number of hydrogen-bond acceptors (Lipinski definition) is 0. The summed E-state index contributed by atoms with van der Waals surface area (Å²) in [5.74, 6) is 0. The van der Waals surface area contributed by atoms with E-state index in [9.17, 15) is 0 Å². The zero-order valence-electron chi connectivity index (χ0n) is 15.3. The van der Waals surface area contributed by atoms with Gasteiger partial charge in [0.15, 0.2) is 0 Å². The molecule has 0 aliphatic heterocycles. The Bertz CT molecular complexity index is 375. The third kappa shape index (κ3) is 5.33. The molecule has 0 N–H and O–H groups in total. The second kappa shape index (κ2) is 10.5. The van der Waals surface area contributed by atoms with Gasteiger partial charge in [0.05, 0.1) is 0 Å². The van der Waals surface area contributed by atoms with Gasteiger partial charge in [-0.25, -0.2) is 0 Å². The zero-order valence-corrected chi connectivity index (χ0v) is 16.9. The van der Waals surface area contributed by atoms with Gasteiger partial charge in [-0.1, -0.05) is 0 Å². The van der Waals surface area contributed by atoms with E-state index in [2.05, 4.69) is 62.5 Å². The second-order valence-corrected chi connectivity index (χ2v) is 14.9. The summed E-state index contributed by atoms with van der Waals surface area (Å²) in [6, 6.07) is 0. The first-order chi connectivity index (χ1) is 11.3. The molecule has 0 amide bonds. The van der Waals surface area contributed by atoms with Gasteiger partial charge in [-0.15, -0.1) is 0 Å². The Kier molecular flexibility index (Phi) is 8.69. The van der Waals surface area contributed by atoms with E-state index >= 15 is 0 Å². The Balaban J connectivity index is 2.10. The Morgan fingerprint density at radius 2 is 0.957 bits per heavy atom. The van der Waals surface area contributed by atoms with Crippen LogP contribution in [0.15, 0.2) is 48.6 Å². The molecule has 128 valence electrons. The number of allylic oxidation sites excluding steroid dienone is 8. The number of unbranched alkanes of at least 4 members (excludes halogenated alkanes) is 6. The first kappa shape index (κ1) is 19.0. The van der Waals surface area contributed by atoms with Gasteiger partial charge in [0.2, 0.25) is 0 Å². The van der Waals surface area contributed by atoms with Crippen molar-refractivity contribution in [1.29, 1.82) is 0 Å². The van der Waals surface area contributed by atoms with Crippen LogP contribution in [0.1, 0.15) is 65.2 Å². The van der Waals surface area contributed by atoms with E-state index in [-0.39, 0.29) is 0 Å². The normalized spacial score (nSPS) is 17.8. The summed E-state index contributed by atoms with van der Waals surface area (Å²) < 4.78 is 4.75. The third-order valence-electron chi connectivity index (χ3n) is 5.82. The van der Waals surface area contributed by atoms with Crippen molar-refractivity contribution in [3.63, 3.8) is 0 Å². The standard InChI is InChI=1S/2C6H13.2C5H5.Ti/c2*1-3-5-6-4-2;2*1-2-4-5-3-1;/h2*1,3-6H2,2H3;2*1-5H;. The Labute approximate surface area is 148 Å². The average molecular weight is 348 g/mol. The van der Waals surface area contributed by atoms with Crippen molar-refractivity contribution in [2.45, 2.75) is 83.1 Å². The summed E-state index contributed by atoms with van der Waals surface area (Å²) in [6.45, 7) is 4.65. The molecule has 0 aromatic carbocycles. The van der Waals surface area contributed by atoms with Crippen molar-refractivity contribution < 1.29 is 16.6 Å². The van der Waals surface area contributed by atoms with Gasteiger partial charge in [-0.2, -0.15) is 0 Å². The van der Waals surface area contributed by atoms with Crippen molar-refractivity contribution in [2.24, 2.45) is 0 Å². The van der Waals surface area contributed by atoms with Crippen molar-refractivity contribution in [1.82, 2.24) is 0 Å². The molecule has 0 nitrogen and oxygen atoms in total. The quantitative estimate of drug-likeness (QED) is 0.248. The van der Waals surface area contributed by atoms with Crippen LogP contribution in [-0.4, -0.2) is 0 Å². The fourth-order valence-corrected chi connectivity index (χ4v) is 13.5. The van der Waals surface area contributed by atoms with Crippen LogP contribution in [0.2, 0.25) is 17.9 Å². The first-order valence-electron chi connectivity index (χ1n) is 10.0. The molecule has 2 aliphatic carbocycles. The molecule has 0 bridgehead atoms. The van der Waals surface area contributed by atoms with Gasteiger partial charge in [0.1, 0.15) is 0 Å². The predicted octanol–water partition coefficient (Wildman–Crippen LogP) is 7.97. The van der Waals surface area contributed by atoms with Crippen molar-refractivity contribution in [3.05, 3.63) is 48.6 Å². The molecule has 2 aliphatic rings. The summed E-state index contributed by atoms with van der Waals surface area (Å²) in [6.07, 6.45) is 30.8. The Hall–Kier alpha value is -0.326. The van der Waals surface area contributed by atoms with Crippen LogP contribution < -0.4 is 0 Å². The average Bonchev–Trinajstić information content (AvgIpc) is 3.27. The van der Waals surface area contributed by atoms with Crippen LogP contribution in [-0.2, 0) is 16.6 Å². The summed E-state index contributed by atoms with van der Waals surface area (Å²) >= 11 is -2.00. The molecule has 0 aromatic heterocycles. The molecule has 0 saturated heterocycles. The van der Waals surface area contributed by atoms with Crippen LogP contribution in [0.5, 0.6) is 0 Å². The van der Waals surface area contributed by atoms with E-state index in [4.69, 9.17) is 0 Å². The van der Waals surface area contributed by atoms with E-state index in [0.717, 1.165) is 8.45 Å². The molecule has 1 heteroatoms. The van der Waals surface area contributed by atoms with E-state index in [0.29, 0.717) is 0 Å². The SMILES string of the molecule is CCCCC[CH2][Ti]([CH2]CCCCC)([CH]1C=CC=C1)[CH]1C=CC=C1. The summed E-state index contributed by atoms with van der Waals surface area (Å²) in [5, 5.41) is 0. The third-order valence-corrected chi connectivity index (χ3v) is 15.2. The first-order valence-corrected chi connectivity index (χ1v) is 14.0. The van der Waals surface area contributed by atoms with Crippen molar-refractivity contribution in [3.8, 4) is 0 Å². The fourth-order valence-electron chi connectivity index (χ4n) is 4.41. The van der Waals surface area contributed by atoms with E-state index < -0.39 is 16.6 Å². The molecule has 0 spiro atoms. The molecule has 2 rings (SSSR count). The molecule has 0 radical (unpaired) electrons. The summed E-state index contributed by atoms with van der Waals surface area (Å²) in [7, 11) is 0. The van der Waals surface area contributed by atoms with Gasteiger partial charge >= 0.3 is 148 Å². The second-order valence-electron chi connectivity index (χ2n) is 7.45. The minimum atomic E-state index is -2.00. The molecule has 0 fully saturated rings. The molecule has 23 heavy (non-hydrogen) atoms. The summed E-state index contributed by atoms with van der Waals surface area (Å²) in [4.78, 5) is 0. The number of rotatable bonds is 12. The van der Waals surface area contributed by atoms with Gasteiger partial charge in [0, 0.05) is 0 Å². The molecule has 0 unspecified atom stereocenters. The molecular weight excluding hydrogens is 312 g/mol. The maximum atomic E-state index is 2.54. The van der Waals surface area contributed by atoms with Crippen molar-refractivity contribution in [2.75, 3.05) is 0 Å². The van der Waals surface area contributed by atoms with Gasteiger partial charge in [-0.05, 0) is 0 Å². The van der Waals surface area contributed by atoms with Gasteiger partial charge in [0.25, 0.3) is 0 Å².